The maximum atomic E-state index is 11.9. The van der Waals surface area contributed by atoms with Crippen LogP contribution in [0.15, 0.2) is 0 Å². The number of rotatable bonds is 18. The number of halogens is 2. The molecule has 1 unspecified atom stereocenters. The summed E-state index contributed by atoms with van der Waals surface area (Å²) < 4.78 is 23.9. The van der Waals surface area contributed by atoms with Crippen molar-refractivity contribution in [1.82, 2.24) is 0 Å². The van der Waals surface area contributed by atoms with E-state index in [-0.39, 0.29) is 13.0 Å². The van der Waals surface area contributed by atoms with E-state index in [1.54, 1.807) is 0 Å². The van der Waals surface area contributed by atoms with Crippen molar-refractivity contribution in [2.45, 2.75) is 115 Å². The van der Waals surface area contributed by atoms with E-state index >= 15 is 0 Å². The van der Waals surface area contributed by atoms with Crippen molar-refractivity contribution < 1.29 is 19.0 Å². The van der Waals surface area contributed by atoms with Gasteiger partial charge in [-0.25, -0.2) is 8.78 Å². The Labute approximate surface area is 141 Å². The van der Waals surface area contributed by atoms with Gasteiger partial charge in [-0.2, -0.15) is 0 Å². The number of hydrogen-bond donors (Lipinski definition) is 2. The standard InChI is InChI=1S/C19H38F2O2/c20-19(21)16-14-12-10-8-6-4-2-1-3-5-7-9-11-13-15-18(23)17-22/h18-19,22-23H,1-17H2. The second kappa shape index (κ2) is 18.1. The molecule has 4 heteroatoms. The summed E-state index contributed by atoms with van der Waals surface area (Å²) in [6, 6.07) is 0. The first kappa shape index (κ1) is 22.8. The van der Waals surface area contributed by atoms with E-state index in [9.17, 15) is 13.9 Å². The molecule has 0 aromatic carbocycles. The summed E-state index contributed by atoms with van der Waals surface area (Å²) in [6.45, 7) is -0.115. The lowest BCUT2D eigenvalue weighted by molar-refractivity contribution is 0.0860. The Kier molecular flexibility index (Phi) is 18.0. The molecule has 0 aromatic rings. The minimum absolute atomic E-state index is 0.0714. The Bertz CT molecular complexity index is 225. The molecular formula is C19H38F2O2. The van der Waals surface area contributed by atoms with E-state index < -0.39 is 12.5 Å². The number of aliphatic hydroxyl groups excluding tert-OH is 2. The average Bonchev–Trinajstić information content (AvgIpc) is 2.53. The van der Waals surface area contributed by atoms with Crippen LogP contribution in [-0.2, 0) is 0 Å². The van der Waals surface area contributed by atoms with Gasteiger partial charge in [-0.05, 0) is 12.8 Å². The Balaban J connectivity index is 3.00. The van der Waals surface area contributed by atoms with Crippen molar-refractivity contribution in [1.29, 1.82) is 0 Å². The summed E-state index contributed by atoms with van der Waals surface area (Å²) in [7, 11) is 0. The molecule has 0 fully saturated rings. The van der Waals surface area contributed by atoms with Gasteiger partial charge >= 0.3 is 0 Å². The van der Waals surface area contributed by atoms with Crippen molar-refractivity contribution in [3.05, 3.63) is 0 Å². The molecule has 0 aromatic heterocycles. The lowest BCUT2D eigenvalue weighted by Gasteiger charge is -2.06. The van der Waals surface area contributed by atoms with Gasteiger partial charge in [0, 0.05) is 6.42 Å². The SMILES string of the molecule is OCC(O)CCCCCCCCCCCCCCCCC(F)F. The Hall–Kier alpha value is -0.220. The third-order valence-electron chi connectivity index (χ3n) is 4.42. The molecule has 1 atom stereocenters. The minimum Gasteiger partial charge on any atom is -0.394 e. The number of unbranched alkanes of at least 4 members (excludes halogenated alkanes) is 13. The van der Waals surface area contributed by atoms with Gasteiger partial charge in [0.15, 0.2) is 0 Å². The lowest BCUT2D eigenvalue weighted by Crippen LogP contribution is -2.10. The van der Waals surface area contributed by atoms with Gasteiger partial charge in [-0.3, -0.25) is 0 Å². The van der Waals surface area contributed by atoms with Crippen LogP contribution in [-0.4, -0.2) is 29.3 Å². The van der Waals surface area contributed by atoms with Crippen LogP contribution >= 0.6 is 0 Å². The normalized spacial score (nSPS) is 12.9. The Morgan fingerprint density at radius 2 is 0.826 bits per heavy atom. The van der Waals surface area contributed by atoms with E-state index in [0.717, 1.165) is 32.1 Å². The Morgan fingerprint density at radius 3 is 1.13 bits per heavy atom. The Morgan fingerprint density at radius 1 is 0.522 bits per heavy atom. The van der Waals surface area contributed by atoms with Crippen molar-refractivity contribution in [2.75, 3.05) is 6.61 Å². The molecule has 0 aliphatic rings. The summed E-state index contributed by atoms with van der Waals surface area (Å²) in [5, 5.41) is 17.9. The minimum atomic E-state index is -2.12. The molecule has 0 aliphatic carbocycles. The van der Waals surface area contributed by atoms with E-state index in [4.69, 9.17) is 5.11 Å². The molecular weight excluding hydrogens is 298 g/mol. The third-order valence-corrected chi connectivity index (χ3v) is 4.42. The molecule has 23 heavy (non-hydrogen) atoms. The molecule has 0 bridgehead atoms. The van der Waals surface area contributed by atoms with Crippen molar-refractivity contribution >= 4 is 0 Å². The first-order valence-electron chi connectivity index (χ1n) is 9.74. The number of alkyl halides is 2. The van der Waals surface area contributed by atoms with Crippen molar-refractivity contribution in [2.24, 2.45) is 0 Å². The van der Waals surface area contributed by atoms with Crippen LogP contribution in [0.2, 0.25) is 0 Å². The predicted octanol–water partition coefficient (Wildman–Crippen LogP) is 5.85. The molecule has 0 radical (unpaired) electrons. The van der Waals surface area contributed by atoms with Crippen LogP contribution in [0.5, 0.6) is 0 Å². The van der Waals surface area contributed by atoms with E-state index in [2.05, 4.69) is 0 Å². The lowest BCUT2D eigenvalue weighted by atomic mass is 10.0. The number of aliphatic hydroxyl groups is 2. The quantitative estimate of drug-likeness (QED) is 0.308. The van der Waals surface area contributed by atoms with Crippen molar-refractivity contribution in [3.8, 4) is 0 Å². The van der Waals surface area contributed by atoms with Crippen LogP contribution < -0.4 is 0 Å². The molecule has 0 aliphatic heterocycles. The molecule has 140 valence electrons. The highest BCUT2D eigenvalue weighted by atomic mass is 19.3. The molecule has 0 heterocycles. The van der Waals surface area contributed by atoms with Gasteiger partial charge in [0.2, 0.25) is 6.43 Å². The van der Waals surface area contributed by atoms with Gasteiger partial charge < -0.3 is 10.2 Å². The summed E-state index contributed by atoms with van der Waals surface area (Å²) in [4.78, 5) is 0. The topological polar surface area (TPSA) is 40.5 Å². The van der Waals surface area contributed by atoms with E-state index in [0.29, 0.717) is 6.42 Å². The van der Waals surface area contributed by atoms with Gasteiger partial charge in [0.25, 0.3) is 0 Å². The largest absolute Gasteiger partial charge is 0.394 e. The monoisotopic (exact) mass is 336 g/mol. The highest BCUT2D eigenvalue weighted by molar-refractivity contribution is 4.54. The van der Waals surface area contributed by atoms with Crippen LogP contribution in [0.4, 0.5) is 8.78 Å². The van der Waals surface area contributed by atoms with Crippen LogP contribution in [0.25, 0.3) is 0 Å². The molecule has 0 saturated carbocycles. The molecule has 0 rings (SSSR count). The van der Waals surface area contributed by atoms with Crippen molar-refractivity contribution in [3.63, 3.8) is 0 Å². The highest BCUT2D eigenvalue weighted by Crippen LogP contribution is 2.14. The summed E-state index contributed by atoms with van der Waals surface area (Å²) in [5.74, 6) is 0. The number of hydrogen-bond acceptors (Lipinski definition) is 2. The fraction of sp³-hybridized carbons (Fsp3) is 1.00. The smallest absolute Gasteiger partial charge is 0.238 e. The fourth-order valence-corrected chi connectivity index (χ4v) is 2.89. The molecule has 0 saturated heterocycles. The zero-order chi connectivity index (χ0) is 17.2. The van der Waals surface area contributed by atoms with Gasteiger partial charge in [0.1, 0.15) is 0 Å². The van der Waals surface area contributed by atoms with Crippen LogP contribution in [0, 0.1) is 0 Å². The van der Waals surface area contributed by atoms with Crippen LogP contribution in [0.3, 0.4) is 0 Å². The maximum absolute atomic E-state index is 11.9. The first-order valence-corrected chi connectivity index (χ1v) is 9.74. The fourth-order valence-electron chi connectivity index (χ4n) is 2.89. The zero-order valence-corrected chi connectivity index (χ0v) is 14.8. The highest BCUT2D eigenvalue weighted by Gasteiger charge is 2.01. The second-order valence-corrected chi connectivity index (χ2v) is 6.75. The van der Waals surface area contributed by atoms with E-state index in [1.165, 1.54) is 57.8 Å². The third kappa shape index (κ3) is 19.7. The average molecular weight is 337 g/mol. The van der Waals surface area contributed by atoms with E-state index in [1.807, 2.05) is 0 Å². The summed E-state index contributed by atoms with van der Waals surface area (Å²) >= 11 is 0. The second-order valence-electron chi connectivity index (χ2n) is 6.75. The van der Waals surface area contributed by atoms with Gasteiger partial charge in [-0.15, -0.1) is 0 Å². The molecule has 0 amide bonds. The predicted molar refractivity (Wildman–Crippen MR) is 93.0 cm³/mol. The zero-order valence-electron chi connectivity index (χ0n) is 14.8. The summed E-state index contributed by atoms with van der Waals surface area (Å²) in [6.07, 6.45) is 14.5. The van der Waals surface area contributed by atoms with Crippen LogP contribution in [0.1, 0.15) is 103 Å². The molecule has 2 N–H and O–H groups in total. The molecule has 0 spiro atoms. The molecule has 2 nitrogen and oxygen atoms in total. The first-order chi connectivity index (χ1) is 11.2. The van der Waals surface area contributed by atoms with Gasteiger partial charge in [0.05, 0.1) is 12.7 Å². The maximum Gasteiger partial charge on any atom is 0.238 e. The van der Waals surface area contributed by atoms with Gasteiger partial charge in [-0.1, -0.05) is 83.5 Å². The summed E-state index contributed by atoms with van der Waals surface area (Å²) in [5.41, 5.74) is 0.